The summed E-state index contributed by atoms with van der Waals surface area (Å²) in [4.78, 5) is 15.7. The molecule has 1 amide bonds. The molecule has 0 unspecified atom stereocenters. The molecule has 1 aromatic rings. The summed E-state index contributed by atoms with van der Waals surface area (Å²) >= 11 is 5.76. The van der Waals surface area contributed by atoms with Crippen molar-refractivity contribution in [3.05, 3.63) is 34.9 Å². The lowest BCUT2D eigenvalue weighted by Crippen LogP contribution is -2.22. The number of benzene rings is 1. The minimum atomic E-state index is -0.215. The number of nitrogens with zero attached hydrogens (tertiary/aromatic N) is 1. The Hall–Kier alpha value is -1.55. The number of rotatable bonds is 4. The van der Waals surface area contributed by atoms with Gasteiger partial charge in [-0.15, -0.1) is 0 Å². The van der Waals surface area contributed by atoms with Crippen LogP contribution in [-0.4, -0.2) is 25.3 Å². The van der Waals surface area contributed by atoms with Crippen molar-refractivity contribution in [3.8, 4) is 0 Å². The zero-order valence-electron chi connectivity index (χ0n) is 9.16. The molecule has 0 saturated heterocycles. The maximum absolute atomic E-state index is 10.9. The smallest absolute Gasteiger partial charge is 0.260 e. The van der Waals surface area contributed by atoms with Crippen molar-refractivity contribution < 1.29 is 9.63 Å². The fourth-order valence-corrected chi connectivity index (χ4v) is 1.13. The maximum atomic E-state index is 10.9. The van der Waals surface area contributed by atoms with Crippen molar-refractivity contribution in [2.45, 2.75) is 6.92 Å². The van der Waals surface area contributed by atoms with Gasteiger partial charge in [-0.3, -0.25) is 4.79 Å². The third-order valence-corrected chi connectivity index (χ3v) is 2.19. The van der Waals surface area contributed by atoms with E-state index in [1.54, 1.807) is 26.1 Å². The van der Waals surface area contributed by atoms with E-state index in [1.807, 2.05) is 12.1 Å². The largest absolute Gasteiger partial charge is 0.385 e. The van der Waals surface area contributed by atoms with Crippen LogP contribution < -0.4 is 5.32 Å². The van der Waals surface area contributed by atoms with Crippen molar-refractivity contribution in [1.29, 1.82) is 0 Å². The Morgan fingerprint density at radius 2 is 2.06 bits per heavy atom. The maximum Gasteiger partial charge on any atom is 0.260 e. The number of amides is 1. The van der Waals surface area contributed by atoms with E-state index < -0.39 is 0 Å². The van der Waals surface area contributed by atoms with Crippen molar-refractivity contribution in [2.75, 3.05) is 13.7 Å². The number of hydrogen-bond acceptors (Lipinski definition) is 3. The van der Waals surface area contributed by atoms with Crippen LogP contribution in [0.5, 0.6) is 0 Å². The molecule has 4 nitrogen and oxygen atoms in total. The molecule has 0 saturated carbocycles. The van der Waals surface area contributed by atoms with Gasteiger partial charge in [-0.05, 0) is 24.6 Å². The van der Waals surface area contributed by atoms with E-state index in [4.69, 9.17) is 16.4 Å². The molecule has 0 radical (unpaired) electrons. The van der Waals surface area contributed by atoms with Gasteiger partial charge in [0.1, 0.15) is 0 Å². The molecule has 0 atom stereocenters. The van der Waals surface area contributed by atoms with Crippen LogP contribution >= 0.6 is 11.6 Å². The van der Waals surface area contributed by atoms with Crippen LogP contribution in [0.25, 0.3) is 0 Å². The number of hydrogen-bond donors (Lipinski definition) is 1. The second kappa shape index (κ2) is 6.12. The first-order chi connectivity index (χ1) is 7.63. The predicted octanol–water partition coefficient (Wildman–Crippen LogP) is 1.83. The van der Waals surface area contributed by atoms with Gasteiger partial charge in [-0.2, -0.15) is 0 Å². The van der Waals surface area contributed by atoms with Gasteiger partial charge in [0.2, 0.25) is 0 Å². The molecule has 0 heterocycles. The third-order valence-electron chi connectivity index (χ3n) is 1.94. The van der Waals surface area contributed by atoms with Gasteiger partial charge < -0.3 is 10.2 Å². The number of halogens is 1. The molecule has 0 bridgehead atoms. The topological polar surface area (TPSA) is 50.7 Å². The second-order valence-electron chi connectivity index (χ2n) is 3.13. The van der Waals surface area contributed by atoms with Crippen LogP contribution in [0.3, 0.4) is 0 Å². The Bertz CT molecular complexity index is 387. The Morgan fingerprint density at radius 3 is 2.62 bits per heavy atom. The zero-order valence-corrected chi connectivity index (χ0v) is 9.91. The van der Waals surface area contributed by atoms with E-state index in [-0.39, 0.29) is 12.5 Å². The quantitative estimate of drug-likeness (QED) is 0.645. The first-order valence-corrected chi connectivity index (χ1v) is 5.14. The normalized spacial score (nSPS) is 11.1. The number of nitrogens with one attached hydrogen (secondary N) is 1. The number of carbonyl (C=O) groups is 1. The predicted molar refractivity (Wildman–Crippen MR) is 63.7 cm³/mol. The fraction of sp³-hybridized carbons (Fsp3) is 0.273. The molecule has 0 aliphatic carbocycles. The number of carbonyl (C=O) groups excluding carboxylic acids is 1. The lowest BCUT2D eigenvalue weighted by atomic mass is 10.1. The summed E-state index contributed by atoms with van der Waals surface area (Å²) < 4.78 is 0. The molecule has 0 aromatic heterocycles. The highest BCUT2D eigenvalue weighted by Gasteiger charge is 1.99. The summed E-state index contributed by atoms with van der Waals surface area (Å²) in [6.07, 6.45) is 0. The Labute approximate surface area is 99.2 Å². The van der Waals surface area contributed by atoms with E-state index in [2.05, 4.69) is 10.5 Å². The molecule has 5 heteroatoms. The van der Waals surface area contributed by atoms with Gasteiger partial charge in [0, 0.05) is 12.1 Å². The van der Waals surface area contributed by atoms with Crippen LogP contribution in [0.1, 0.15) is 12.5 Å². The zero-order chi connectivity index (χ0) is 12.0. The van der Waals surface area contributed by atoms with Crippen LogP contribution in [0.2, 0.25) is 5.02 Å². The van der Waals surface area contributed by atoms with Crippen molar-refractivity contribution in [2.24, 2.45) is 5.16 Å². The van der Waals surface area contributed by atoms with E-state index in [0.717, 1.165) is 5.56 Å². The minimum Gasteiger partial charge on any atom is -0.385 e. The summed E-state index contributed by atoms with van der Waals surface area (Å²) in [5.41, 5.74) is 1.60. The molecule has 0 aliphatic rings. The van der Waals surface area contributed by atoms with Gasteiger partial charge in [-0.25, -0.2) is 0 Å². The van der Waals surface area contributed by atoms with Gasteiger partial charge in [0.05, 0.1) is 5.71 Å². The highest BCUT2D eigenvalue weighted by molar-refractivity contribution is 6.30. The van der Waals surface area contributed by atoms with Crippen molar-refractivity contribution in [1.82, 2.24) is 5.32 Å². The van der Waals surface area contributed by atoms with Gasteiger partial charge in [0.25, 0.3) is 5.91 Å². The van der Waals surface area contributed by atoms with Crippen LogP contribution in [0, 0.1) is 0 Å². The summed E-state index contributed by atoms with van der Waals surface area (Å²) in [6, 6.07) is 7.22. The summed E-state index contributed by atoms with van der Waals surface area (Å²) in [6.45, 7) is 1.72. The molecule has 1 aromatic carbocycles. The van der Waals surface area contributed by atoms with E-state index in [1.165, 1.54) is 0 Å². The molecule has 0 spiro atoms. The summed E-state index contributed by atoms with van der Waals surface area (Å²) in [5, 5.41) is 6.93. The molecular weight excluding hydrogens is 228 g/mol. The van der Waals surface area contributed by atoms with E-state index >= 15 is 0 Å². The minimum absolute atomic E-state index is 0.0819. The lowest BCUT2D eigenvalue weighted by Gasteiger charge is -2.02. The first-order valence-electron chi connectivity index (χ1n) is 4.76. The van der Waals surface area contributed by atoms with Gasteiger partial charge >= 0.3 is 0 Å². The summed E-state index contributed by atoms with van der Waals surface area (Å²) in [7, 11) is 1.54. The monoisotopic (exact) mass is 240 g/mol. The lowest BCUT2D eigenvalue weighted by molar-refractivity contribution is -0.125. The molecule has 16 heavy (non-hydrogen) atoms. The molecule has 1 rings (SSSR count). The Morgan fingerprint density at radius 1 is 1.44 bits per heavy atom. The number of likely N-dealkylation sites (N-methyl/N-ethyl adjacent to an activating group) is 1. The molecule has 86 valence electrons. The van der Waals surface area contributed by atoms with Crippen LogP contribution in [0.15, 0.2) is 29.4 Å². The third kappa shape index (κ3) is 3.90. The average Bonchev–Trinajstić information content (AvgIpc) is 2.29. The van der Waals surface area contributed by atoms with Crippen LogP contribution in [-0.2, 0) is 9.63 Å². The van der Waals surface area contributed by atoms with E-state index in [0.29, 0.717) is 10.7 Å². The fourth-order valence-electron chi connectivity index (χ4n) is 1.00. The van der Waals surface area contributed by atoms with Crippen molar-refractivity contribution >= 4 is 23.2 Å². The SMILES string of the molecule is CNC(=O)CON=C(C)c1ccc(Cl)cc1. The van der Waals surface area contributed by atoms with Gasteiger partial charge in [-0.1, -0.05) is 28.9 Å². The van der Waals surface area contributed by atoms with Crippen LogP contribution in [0.4, 0.5) is 0 Å². The highest BCUT2D eigenvalue weighted by atomic mass is 35.5. The average molecular weight is 241 g/mol. The van der Waals surface area contributed by atoms with E-state index in [9.17, 15) is 4.79 Å². The number of oxime groups is 1. The molecule has 0 aliphatic heterocycles. The highest BCUT2D eigenvalue weighted by Crippen LogP contribution is 2.10. The molecule has 1 N–H and O–H groups in total. The molecular formula is C11H13ClN2O2. The summed E-state index contributed by atoms with van der Waals surface area (Å²) in [5.74, 6) is -0.215. The Balaban J connectivity index is 2.56. The first kappa shape index (κ1) is 12.5. The molecule has 0 fully saturated rings. The second-order valence-corrected chi connectivity index (χ2v) is 3.57. The van der Waals surface area contributed by atoms with Gasteiger partial charge in [0.15, 0.2) is 6.61 Å². The standard InChI is InChI=1S/C11H13ClN2O2/c1-8(14-16-7-11(15)13-2)9-3-5-10(12)6-4-9/h3-6H,7H2,1-2H3,(H,13,15). The Kier molecular flexibility index (Phi) is 4.79. The van der Waals surface area contributed by atoms with Crippen molar-refractivity contribution in [3.63, 3.8) is 0 Å².